The monoisotopic (exact) mass is 341 g/mol. The Hall–Kier alpha value is -2.20. The summed E-state index contributed by atoms with van der Waals surface area (Å²) in [5.74, 6) is 0. The molecule has 84 valence electrons. The average Bonchev–Trinajstić information content (AvgIpc) is 2.32. The number of nitriles is 2. The van der Waals surface area contributed by atoms with Crippen LogP contribution in [-0.4, -0.2) is 10.6 Å². The topological polar surface area (TPSA) is 115 Å². The molecule has 0 aliphatic heterocycles. The van der Waals surface area contributed by atoms with Crippen LogP contribution in [0.4, 0.5) is 11.4 Å². The number of nitro groups is 1. The lowest BCUT2D eigenvalue weighted by Gasteiger charge is -2.02. The number of hydrazone groups is 1. The van der Waals surface area contributed by atoms with E-state index in [9.17, 15) is 10.1 Å². The van der Waals surface area contributed by atoms with Crippen LogP contribution < -0.4 is 5.43 Å². The van der Waals surface area contributed by atoms with Crippen molar-refractivity contribution in [2.45, 2.75) is 0 Å². The van der Waals surface area contributed by atoms with Crippen LogP contribution in [0.1, 0.15) is 0 Å². The first-order valence-electron chi connectivity index (χ1n) is 4.16. The number of nitrogens with zero attached hydrogens (tertiary/aromatic N) is 4. The van der Waals surface area contributed by atoms with Crippen LogP contribution in [0, 0.1) is 36.3 Å². The second-order valence-electron chi connectivity index (χ2n) is 2.72. The van der Waals surface area contributed by atoms with Crippen molar-refractivity contribution in [1.82, 2.24) is 0 Å². The Morgan fingerprint density at radius 3 is 2.65 bits per heavy atom. The van der Waals surface area contributed by atoms with Crippen molar-refractivity contribution in [1.29, 1.82) is 10.5 Å². The fourth-order valence-corrected chi connectivity index (χ4v) is 1.36. The van der Waals surface area contributed by atoms with E-state index in [4.69, 9.17) is 10.5 Å². The Labute approximate surface area is 110 Å². The first kappa shape index (κ1) is 12.9. The zero-order valence-corrected chi connectivity index (χ0v) is 10.4. The largest absolute Gasteiger partial charge is 0.275 e. The molecule has 1 aromatic carbocycles. The minimum Gasteiger partial charge on any atom is -0.275 e. The van der Waals surface area contributed by atoms with E-state index in [2.05, 4.69) is 10.5 Å². The number of benzene rings is 1. The summed E-state index contributed by atoms with van der Waals surface area (Å²) in [6.07, 6.45) is 0. The van der Waals surface area contributed by atoms with E-state index < -0.39 is 4.92 Å². The van der Waals surface area contributed by atoms with Gasteiger partial charge in [0.05, 0.1) is 10.6 Å². The molecule has 0 radical (unpaired) electrons. The van der Waals surface area contributed by atoms with E-state index in [0.29, 0.717) is 9.26 Å². The number of anilines is 1. The van der Waals surface area contributed by atoms with Gasteiger partial charge in [-0.15, -0.1) is 0 Å². The Bertz CT molecular complexity index is 554. The summed E-state index contributed by atoms with van der Waals surface area (Å²) < 4.78 is 0.687. The predicted molar refractivity (Wildman–Crippen MR) is 68.1 cm³/mol. The summed E-state index contributed by atoms with van der Waals surface area (Å²) >= 11 is 1.95. The van der Waals surface area contributed by atoms with Gasteiger partial charge in [0.25, 0.3) is 5.69 Å². The highest BCUT2D eigenvalue weighted by atomic mass is 127. The molecule has 0 spiro atoms. The highest BCUT2D eigenvalue weighted by Crippen LogP contribution is 2.23. The lowest BCUT2D eigenvalue weighted by molar-refractivity contribution is -0.384. The molecule has 8 heteroatoms. The normalized spacial score (nSPS) is 8.65. The van der Waals surface area contributed by atoms with Gasteiger partial charge in [-0.05, 0) is 28.7 Å². The summed E-state index contributed by atoms with van der Waals surface area (Å²) in [5.41, 5.74) is 2.35. The van der Waals surface area contributed by atoms with Gasteiger partial charge in [-0.25, -0.2) is 0 Å². The van der Waals surface area contributed by atoms with Gasteiger partial charge in [-0.1, -0.05) is 0 Å². The summed E-state index contributed by atoms with van der Waals surface area (Å²) in [6, 6.07) is 7.30. The lowest BCUT2D eigenvalue weighted by Crippen LogP contribution is -1.99. The second kappa shape index (κ2) is 5.77. The van der Waals surface area contributed by atoms with Gasteiger partial charge in [-0.2, -0.15) is 15.6 Å². The van der Waals surface area contributed by atoms with E-state index in [1.54, 1.807) is 12.1 Å². The first-order chi connectivity index (χ1) is 8.08. The van der Waals surface area contributed by atoms with Crippen molar-refractivity contribution in [3.63, 3.8) is 0 Å². The molecule has 0 aliphatic carbocycles. The molecule has 0 aliphatic rings. The first-order valence-corrected chi connectivity index (χ1v) is 5.24. The number of hydrogen-bond acceptors (Lipinski definition) is 6. The van der Waals surface area contributed by atoms with Gasteiger partial charge in [-0.3, -0.25) is 15.5 Å². The van der Waals surface area contributed by atoms with Gasteiger partial charge < -0.3 is 0 Å². The third-order valence-corrected chi connectivity index (χ3v) is 2.60. The molecule has 0 atom stereocenters. The third-order valence-electron chi connectivity index (χ3n) is 1.66. The molecule has 0 fully saturated rings. The molecule has 17 heavy (non-hydrogen) atoms. The summed E-state index contributed by atoms with van der Waals surface area (Å²) in [6.45, 7) is 0. The standard InChI is InChI=1S/C9H4IN5O2/c10-8-2-1-7(15(16)17)3-9(8)14-13-6(4-11)5-12/h1-3,14H. The predicted octanol–water partition coefficient (Wildman–Crippen LogP) is 2.01. The zero-order chi connectivity index (χ0) is 12.8. The second-order valence-corrected chi connectivity index (χ2v) is 3.88. The fourth-order valence-electron chi connectivity index (χ4n) is 0.904. The maximum Gasteiger partial charge on any atom is 0.271 e. The van der Waals surface area contributed by atoms with Crippen LogP contribution in [0.5, 0.6) is 0 Å². The molecular formula is C9H4IN5O2. The smallest absolute Gasteiger partial charge is 0.271 e. The average molecular weight is 341 g/mol. The molecule has 0 aromatic heterocycles. The van der Waals surface area contributed by atoms with Crippen molar-refractivity contribution in [3.05, 3.63) is 31.9 Å². The Kier molecular flexibility index (Phi) is 4.37. The molecule has 0 saturated heterocycles. The fraction of sp³-hybridized carbons (Fsp3) is 0. The van der Waals surface area contributed by atoms with Gasteiger partial charge in [0, 0.05) is 15.7 Å². The molecule has 0 saturated carbocycles. The van der Waals surface area contributed by atoms with Gasteiger partial charge in [0.1, 0.15) is 12.1 Å². The maximum atomic E-state index is 10.5. The van der Waals surface area contributed by atoms with E-state index in [0.717, 1.165) is 0 Å². The Morgan fingerprint density at radius 2 is 2.12 bits per heavy atom. The summed E-state index contributed by atoms with van der Waals surface area (Å²) in [7, 11) is 0. The Balaban J connectivity index is 3.04. The zero-order valence-electron chi connectivity index (χ0n) is 8.22. The van der Waals surface area contributed by atoms with E-state index in [1.807, 2.05) is 22.6 Å². The quantitative estimate of drug-likeness (QED) is 0.391. The van der Waals surface area contributed by atoms with E-state index in [1.165, 1.54) is 18.2 Å². The van der Waals surface area contributed by atoms with Crippen molar-refractivity contribution >= 4 is 39.7 Å². The van der Waals surface area contributed by atoms with Gasteiger partial charge in [0.15, 0.2) is 0 Å². The van der Waals surface area contributed by atoms with Crippen LogP contribution in [-0.2, 0) is 0 Å². The molecule has 1 aromatic rings. The summed E-state index contributed by atoms with van der Waals surface area (Å²) in [5, 5.41) is 31.0. The number of nitrogens with one attached hydrogen (secondary N) is 1. The minimum absolute atomic E-state index is 0.0985. The molecule has 0 amide bonds. The van der Waals surface area contributed by atoms with Crippen molar-refractivity contribution in [2.24, 2.45) is 5.10 Å². The van der Waals surface area contributed by atoms with E-state index >= 15 is 0 Å². The highest BCUT2D eigenvalue weighted by molar-refractivity contribution is 14.1. The maximum absolute atomic E-state index is 10.5. The van der Waals surface area contributed by atoms with Crippen LogP contribution in [0.25, 0.3) is 0 Å². The third kappa shape index (κ3) is 3.39. The SMILES string of the molecule is N#CC(C#N)=NNc1cc([N+](=O)[O-])ccc1I. The van der Waals surface area contributed by atoms with Crippen LogP contribution in [0.2, 0.25) is 0 Å². The summed E-state index contributed by atoms with van der Waals surface area (Å²) in [4.78, 5) is 10.0. The number of halogens is 1. The molecule has 1 N–H and O–H groups in total. The van der Waals surface area contributed by atoms with Gasteiger partial charge >= 0.3 is 0 Å². The highest BCUT2D eigenvalue weighted by Gasteiger charge is 2.09. The molecule has 0 heterocycles. The molecule has 0 bridgehead atoms. The van der Waals surface area contributed by atoms with Crippen molar-refractivity contribution < 1.29 is 4.92 Å². The minimum atomic E-state index is -0.541. The number of rotatable bonds is 3. The van der Waals surface area contributed by atoms with Gasteiger partial charge in [0.2, 0.25) is 5.71 Å². The van der Waals surface area contributed by atoms with Crippen LogP contribution >= 0.6 is 22.6 Å². The van der Waals surface area contributed by atoms with Crippen LogP contribution in [0.15, 0.2) is 23.3 Å². The number of hydrogen-bond donors (Lipinski definition) is 1. The number of nitro benzene ring substituents is 1. The molecule has 7 nitrogen and oxygen atoms in total. The van der Waals surface area contributed by atoms with E-state index in [-0.39, 0.29) is 11.4 Å². The molecule has 1 rings (SSSR count). The lowest BCUT2D eigenvalue weighted by atomic mass is 10.3. The molecular weight excluding hydrogens is 337 g/mol. The van der Waals surface area contributed by atoms with Crippen molar-refractivity contribution in [3.8, 4) is 12.1 Å². The van der Waals surface area contributed by atoms with Crippen LogP contribution in [0.3, 0.4) is 0 Å². The van der Waals surface area contributed by atoms with Crippen molar-refractivity contribution in [2.75, 3.05) is 5.43 Å². The number of non-ortho nitro benzene ring substituents is 1. The molecule has 0 unspecified atom stereocenters. The Morgan fingerprint density at radius 1 is 1.47 bits per heavy atom.